The first-order chi connectivity index (χ1) is 8.47. The van der Waals surface area contributed by atoms with Crippen LogP contribution in [0.25, 0.3) is 0 Å². The van der Waals surface area contributed by atoms with Crippen LogP contribution in [0.15, 0.2) is 36.0 Å². The number of rotatable bonds is 2. The van der Waals surface area contributed by atoms with E-state index in [4.69, 9.17) is 10.5 Å². The number of hydrogen-bond acceptors (Lipinski definition) is 3. The Bertz CT molecular complexity index is 407. The molecule has 2 rings (SSSR count). The second-order valence-corrected chi connectivity index (χ2v) is 5.73. The molecule has 0 saturated carbocycles. The molecule has 0 amide bonds. The zero-order valence-corrected chi connectivity index (χ0v) is 11.2. The van der Waals surface area contributed by atoms with Crippen LogP contribution in [-0.4, -0.2) is 29.1 Å². The fourth-order valence-electron chi connectivity index (χ4n) is 2.51. The molecule has 1 saturated heterocycles. The lowest BCUT2D eigenvalue weighted by molar-refractivity contribution is 0.149. The summed E-state index contributed by atoms with van der Waals surface area (Å²) in [7, 11) is 0. The van der Waals surface area contributed by atoms with Gasteiger partial charge in [-0.15, -0.1) is 0 Å². The number of nitrogens with two attached hydrogens (primary N) is 1. The molecule has 2 aliphatic heterocycles. The Morgan fingerprint density at radius 2 is 2.33 bits per heavy atom. The van der Waals surface area contributed by atoms with Gasteiger partial charge in [0.25, 0.3) is 0 Å². The maximum Gasteiger partial charge on any atom is 0.126 e. The van der Waals surface area contributed by atoms with Crippen molar-refractivity contribution in [1.82, 2.24) is 4.90 Å². The van der Waals surface area contributed by atoms with Gasteiger partial charge in [-0.05, 0) is 32.9 Å². The fourth-order valence-corrected chi connectivity index (χ4v) is 2.51. The van der Waals surface area contributed by atoms with Crippen molar-refractivity contribution in [2.24, 2.45) is 5.73 Å². The van der Waals surface area contributed by atoms with E-state index in [0.717, 1.165) is 12.2 Å². The molecule has 18 heavy (non-hydrogen) atoms. The van der Waals surface area contributed by atoms with Crippen LogP contribution in [0.1, 0.15) is 27.2 Å². The Balaban J connectivity index is 2.19. The molecule has 100 valence electrons. The average Bonchev–Trinajstić information content (AvgIpc) is 2.72. The van der Waals surface area contributed by atoms with E-state index in [0.29, 0.717) is 11.9 Å². The molecule has 0 aliphatic carbocycles. The molecular formula is C14H21FN2O. The summed E-state index contributed by atoms with van der Waals surface area (Å²) >= 11 is 0. The maximum absolute atomic E-state index is 12.7. The molecule has 2 unspecified atom stereocenters. The van der Waals surface area contributed by atoms with E-state index in [1.54, 1.807) is 0 Å². The molecule has 0 bridgehead atoms. The SMILES string of the molecule is CC(C)(C)N1C=CC=C2OC(/C(=C/F)CN)CC21. The largest absolute Gasteiger partial charge is 0.488 e. The third-order valence-electron chi connectivity index (χ3n) is 3.45. The van der Waals surface area contributed by atoms with Gasteiger partial charge in [0, 0.05) is 30.3 Å². The summed E-state index contributed by atoms with van der Waals surface area (Å²) in [6, 6.07) is 0.182. The van der Waals surface area contributed by atoms with E-state index in [2.05, 4.69) is 31.9 Å². The van der Waals surface area contributed by atoms with Crippen LogP contribution in [0.4, 0.5) is 4.39 Å². The Morgan fingerprint density at radius 1 is 1.61 bits per heavy atom. The minimum absolute atomic E-state index is 0.0151. The van der Waals surface area contributed by atoms with Crippen molar-refractivity contribution in [2.75, 3.05) is 6.54 Å². The Labute approximate surface area is 108 Å². The summed E-state index contributed by atoms with van der Waals surface area (Å²) in [6.07, 6.45) is 7.10. The highest BCUT2D eigenvalue weighted by atomic mass is 19.1. The van der Waals surface area contributed by atoms with Crippen molar-refractivity contribution in [3.8, 4) is 0 Å². The first-order valence-corrected chi connectivity index (χ1v) is 6.30. The number of ether oxygens (including phenoxy) is 1. The van der Waals surface area contributed by atoms with Gasteiger partial charge in [-0.25, -0.2) is 4.39 Å². The van der Waals surface area contributed by atoms with E-state index < -0.39 is 0 Å². The molecule has 2 aliphatic rings. The molecule has 3 nitrogen and oxygen atoms in total. The molecule has 1 fully saturated rings. The van der Waals surface area contributed by atoms with E-state index >= 15 is 0 Å². The number of halogens is 1. The summed E-state index contributed by atoms with van der Waals surface area (Å²) in [5, 5.41) is 0. The summed E-state index contributed by atoms with van der Waals surface area (Å²) in [4.78, 5) is 2.26. The lowest BCUT2D eigenvalue weighted by atomic mass is 9.97. The number of nitrogens with zero attached hydrogens (tertiary/aromatic N) is 1. The molecule has 0 aromatic heterocycles. The predicted molar refractivity (Wildman–Crippen MR) is 70.3 cm³/mol. The second kappa shape index (κ2) is 4.76. The van der Waals surface area contributed by atoms with Gasteiger partial charge in [0.15, 0.2) is 0 Å². The predicted octanol–water partition coefficient (Wildman–Crippen LogP) is 2.47. The molecule has 0 aromatic carbocycles. The zero-order valence-electron chi connectivity index (χ0n) is 11.2. The lowest BCUT2D eigenvalue weighted by Gasteiger charge is -2.40. The first kappa shape index (κ1) is 13.1. The molecule has 2 atom stereocenters. The summed E-state index contributed by atoms with van der Waals surface area (Å²) in [6.45, 7) is 6.66. The van der Waals surface area contributed by atoms with E-state index in [9.17, 15) is 4.39 Å². The smallest absolute Gasteiger partial charge is 0.126 e. The number of allylic oxidation sites excluding steroid dienone is 2. The van der Waals surface area contributed by atoms with Gasteiger partial charge in [-0.2, -0.15) is 0 Å². The van der Waals surface area contributed by atoms with Crippen LogP contribution in [0.3, 0.4) is 0 Å². The first-order valence-electron chi connectivity index (χ1n) is 6.30. The number of hydrogen-bond donors (Lipinski definition) is 1. The highest BCUT2D eigenvalue weighted by molar-refractivity contribution is 5.27. The van der Waals surface area contributed by atoms with Gasteiger partial charge in [0.2, 0.25) is 0 Å². The minimum Gasteiger partial charge on any atom is -0.488 e. The molecule has 2 heterocycles. The molecule has 0 aromatic rings. The second-order valence-electron chi connectivity index (χ2n) is 5.73. The van der Waals surface area contributed by atoms with E-state index in [-0.39, 0.29) is 24.2 Å². The average molecular weight is 252 g/mol. The van der Waals surface area contributed by atoms with Gasteiger partial charge in [-0.1, -0.05) is 0 Å². The quantitative estimate of drug-likeness (QED) is 0.820. The van der Waals surface area contributed by atoms with Crippen LogP contribution >= 0.6 is 0 Å². The van der Waals surface area contributed by atoms with Gasteiger partial charge in [0.05, 0.1) is 12.4 Å². The van der Waals surface area contributed by atoms with Crippen LogP contribution in [0.5, 0.6) is 0 Å². The van der Waals surface area contributed by atoms with E-state index in [1.165, 1.54) is 0 Å². The van der Waals surface area contributed by atoms with Crippen molar-refractivity contribution in [2.45, 2.75) is 44.9 Å². The lowest BCUT2D eigenvalue weighted by Crippen LogP contribution is -2.45. The van der Waals surface area contributed by atoms with Crippen molar-refractivity contribution < 1.29 is 9.13 Å². The van der Waals surface area contributed by atoms with Crippen molar-refractivity contribution in [3.63, 3.8) is 0 Å². The summed E-state index contributed by atoms with van der Waals surface area (Å²) in [5.74, 6) is 0.908. The Kier molecular flexibility index (Phi) is 3.48. The fraction of sp³-hybridized carbons (Fsp3) is 0.571. The monoisotopic (exact) mass is 252 g/mol. The Hall–Kier alpha value is -1.29. The summed E-state index contributed by atoms with van der Waals surface area (Å²) < 4.78 is 18.6. The van der Waals surface area contributed by atoms with Crippen molar-refractivity contribution in [3.05, 3.63) is 36.0 Å². The normalized spacial score (nSPS) is 27.9. The Morgan fingerprint density at radius 3 is 2.89 bits per heavy atom. The highest BCUT2D eigenvalue weighted by Crippen LogP contribution is 2.37. The van der Waals surface area contributed by atoms with Crippen LogP contribution in [0.2, 0.25) is 0 Å². The van der Waals surface area contributed by atoms with Crippen molar-refractivity contribution in [1.29, 1.82) is 0 Å². The van der Waals surface area contributed by atoms with Gasteiger partial charge in [-0.3, -0.25) is 0 Å². The third kappa shape index (κ3) is 2.29. The van der Waals surface area contributed by atoms with Gasteiger partial charge >= 0.3 is 0 Å². The maximum atomic E-state index is 12.7. The van der Waals surface area contributed by atoms with E-state index in [1.807, 2.05) is 12.2 Å². The van der Waals surface area contributed by atoms with Gasteiger partial charge in [0.1, 0.15) is 11.9 Å². The topological polar surface area (TPSA) is 38.5 Å². The third-order valence-corrected chi connectivity index (χ3v) is 3.45. The standard InChI is InChI=1S/C14H21FN2O/c1-14(2,3)17-6-4-5-12-11(17)7-13(18-12)10(8-15)9-16/h4-6,8,11,13H,7,9,16H2,1-3H3/b10-8+. The minimum atomic E-state index is -0.235. The molecule has 0 spiro atoms. The highest BCUT2D eigenvalue weighted by Gasteiger charge is 2.40. The summed E-state index contributed by atoms with van der Waals surface area (Å²) in [5.41, 5.74) is 6.08. The zero-order chi connectivity index (χ0) is 13.3. The van der Waals surface area contributed by atoms with Crippen LogP contribution in [-0.2, 0) is 4.74 Å². The van der Waals surface area contributed by atoms with Gasteiger partial charge < -0.3 is 15.4 Å². The van der Waals surface area contributed by atoms with Crippen molar-refractivity contribution >= 4 is 0 Å². The van der Waals surface area contributed by atoms with Crippen LogP contribution < -0.4 is 5.73 Å². The molecule has 2 N–H and O–H groups in total. The molecular weight excluding hydrogens is 231 g/mol. The van der Waals surface area contributed by atoms with Crippen LogP contribution in [0, 0.1) is 0 Å². The molecule has 4 heteroatoms. The molecule has 0 radical (unpaired) electrons. The number of fused-ring (bicyclic) bond motifs is 1.